The van der Waals surface area contributed by atoms with E-state index in [1.807, 2.05) is 0 Å². The lowest BCUT2D eigenvalue weighted by molar-refractivity contribution is -0.141. The third-order valence-corrected chi connectivity index (χ3v) is 7.49. The molecule has 0 radical (unpaired) electrons. The second-order valence-corrected chi connectivity index (χ2v) is 10.8. The largest absolute Gasteiger partial charge is 0.493 e. The number of benzene rings is 1. The number of imidazole rings is 1. The minimum atomic E-state index is -4.74. The fraction of sp³-hybridized carbons (Fsp3) is 0.429. The number of halogens is 6. The first-order chi connectivity index (χ1) is 21.4. The Morgan fingerprint density at radius 3 is 2.51 bits per heavy atom. The van der Waals surface area contributed by atoms with E-state index in [0.29, 0.717) is 5.69 Å². The maximum Gasteiger partial charge on any atom is 0.434 e. The number of hydrogen-bond donors (Lipinski definition) is 0. The fourth-order valence-electron chi connectivity index (χ4n) is 5.24. The van der Waals surface area contributed by atoms with Crippen molar-refractivity contribution in [3.8, 4) is 34.4 Å². The van der Waals surface area contributed by atoms with Crippen LogP contribution >= 0.6 is 0 Å². The molecule has 0 spiro atoms. The van der Waals surface area contributed by atoms with Crippen molar-refractivity contribution in [1.82, 2.24) is 34.3 Å². The van der Waals surface area contributed by atoms with E-state index >= 15 is 4.39 Å². The minimum Gasteiger partial charge on any atom is -0.493 e. The summed E-state index contributed by atoms with van der Waals surface area (Å²) >= 11 is 0. The first kappa shape index (κ1) is 30.3. The van der Waals surface area contributed by atoms with Gasteiger partial charge in [0.1, 0.15) is 17.7 Å². The summed E-state index contributed by atoms with van der Waals surface area (Å²) in [5, 5.41) is 4.45. The Labute approximate surface area is 251 Å². The monoisotopic (exact) mass is 636 g/mol. The van der Waals surface area contributed by atoms with Crippen molar-refractivity contribution in [3.05, 3.63) is 47.4 Å². The number of amides is 1. The number of hydrogen-bond acceptors (Lipinski definition) is 8. The van der Waals surface area contributed by atoms with Gasteiger partial charge in [-0.05, 0) is 32.8 Å². The number of fused-ring (bicyclic) bond motifs is 1. The van der Waals surface area contributed by atoms with E-state index in [1.54, 1.807) is 13.8 Å². The Bertz CT molecular complexity index is 1770. The zero-order chi connectivity index (χ0) is 32.2. The third-order valence-electron chi connectivity index (χ3n) is 7.49. The zero-order valence-electron chi connectivity index (χ0n) is 24.1. The van der Waals surface area contributed by atoms with E-state index in [9.17, 15) is 26.7 Å². The van der Waals surface area contributed by atoms with Crippen molar-refractivity contribution >= 4 is 11.9 Å². The first-order valence-corrected chi connectivity index (χ1v) is 13.9. The Hall–Kier alpha value is -4.70. The summed E-state index contributed by atoms with van der Waals surface area (Å²) in [6.07, 6.45) is -1.22. The van der Waals surface area contributed by atoms with Crippen molar-refractivity contribution in [2.75, 3.05) is 12.0 Å². The molecule has 0 saturated heterocycles. The lowest BCUT2D eigenvalue weighted by Crippen LogP contribution is -2.37. The maximum atomic E-state index is 15.9. The summed E-state index contributed by atoms with van der Waals surface area (Å²) in [5.74, 6) is -2.24. The lowest BCUT2D eigenvalue weighted by Gasteiger charge is -2.26. The molecule has 0 unspecified atom stereocenters. The molecule has 1 aromatic carbocycles. The zero-order valence-corrected chi connectivity index (χ0v) is 24.1. The van der Waals surface area contributed by atoms with Gasteiger partial charge < -0.3 is 14.0 Å². The Morgan fingerprint density at radius 1 is 1.11 bits per heavy atom. The molecule has 1 amide bonds. The molecule has 11 nitrogen and oxygen atoms in total. The van der Waals surface area contributed by atoms with Crippen LogP contribution in [0, 0.1) is 5.82 Å². The number of methoxy groups -OCH3 is 1. The van der Waals surface area contributed by atoms with Crippen molar-refractivity contribution < 1.29 is 40.6 Å². The van der Waals surface area contributed by atoms with E-state index in [-0.39, 0.29) is 71.4 Å². The van der Waals surface area contributed by atoms with Crippen molar-refractivity contribution in [1.29, 1.82) is 0 Å². The van der Waals surface area contributed by atoms with Gasteiger partial charge in [-0.15, -0.1) is 5.10 Å². The molecule has 17 heteroatoms. The van der Waals surface area contributed by atoms with Gasteiger partial charge in [-0.3, -0.25) is 9.69 Å². The topological polar surface area (TPSA) is 113 Å². The lowest BCUT2D eigenvalue weighted by atomic mass is 10.1. The van der Waals surface area contributed by atoms with Gasteiger partial charge in [-0.25, -0.2) is 24.0 Å². The van der Waals surface area contributed by atoms with Gasteiger partial charge in [-0.1, -0.05) is 6.07 Å². The summed E-state index contributed by atoms with van der Waals surface area (Å²) in [4.78, 5) is 30.6. The van der Waals surface area contributed by atoms with Crippen LogP contribution in [0.15, 0.2) is 24.7 Å². The predicted molar refractivity (Wildman–Crippen MR) is 145 cm³/mol. The number of ether oxygens (including phenoxy) is 2. The third kappa shape index (κ3) is 5.66. The Balaban J connectivity index is 1.38. The molecule has 1 aliphatic heterocycles. The van der Waals surface area contributed by atoms with Gasteiger partial charge in [0.15, 0.2) is 23.1 Å². The number of alkyl halides is 5. The summed E-state index contributed by atoms with van der Waals surface area (Å²) < 4.78 is 95.3. The van der Waals surface area contributed by atoms with Crippen LogP contribution in [-0.2, 0) is 24.1 Å². The highest BCUT2D eigenvalue weighted by Crippen LogP contribution is 2.46. The van der Waals surface area contributed by atoms with E-state index in [0.717, 1.165) is 25.4 Å². The van der Waals surface area contributed by atoms with E-state index in [4.69, 9.17) is 4.74 Å². The molecule has 4 aromatic rings. The van der Waals surface area contributed by atoms with Crippen LogP contribution in [0.3, 0.4) is 0 Å². The van der Waals surface area contributed by atoms with Crippen molar-refractivity contribution in [2.24, 2.45) is 0 Å². The van der Waals surface area contributed by atoms with Crippen LogP contribution in [0.1, 0.15) is 62.0 Å². The average molecular weight is 637 g/mol. The highest BCUT2D eigenvalue weighted by molar-refractivity contribution is 5.93. The van der Waals surface area contributed by atoms with Gasteiger partial charge in [-0.2, -0.15) is 26.9 Å². The second kappa shape index (κ2) is 11.3. The van der Waals surface area contributed by atoms with Crippen LogP contribution in [0.2, 0.25) is 0 Å². The van der Waals surface area contributed by atoms with Crippen LogP contribution < -0.4 is 14.4 Å². The minimum absolute atomic E-state index is 0.00584. The number of carbonyl (C=O) groups is 1. The molecule has 0 atom stereocenters. The van der Waals surface area contributed by atoms with Crippen molar-refractivity contribution in [2.45, 2.75) is 70.9 Å². The highest BCUT2D eigenvalue weighted by Gasteiger charge is 2.37. The Kier molecular flexibility index (Phi) is 7.64. The summed E-state index contributed by atoms with van der Waals surface area (Å²) in [6.45, 7) is 0.00646. The molecule has 1 fully saturated rings. The summed E-state index contributed by atoms with van der Waals surface area (Å²) in [5.41, 5.74) is -0.653. The molecule has 1 aliphatic carbocycles. The number of aromatic nitrogens is 7. The number of nitrogens with zero attached hydrogens (tertiary/aromatic N) is 8. The van der Waals surface area contributed by atoms with Gasteiger partial charge in [0.05, 0.1) is 31.5 Å². The smallest absolute Gasteiger partial charge is 0.434 e. The van der Waals surface area contributed by atoms with Crippen LogP contribution in [0.4, 0.5) is 32.3 Å². The number of anilines is 1. The molecule has 238 valence electrons. The summed E-state index contributed by atoms with van der Waals surface area (Å²) in [6, 6.07) is 2.23. The average Bonchev–Trinajstić information content (AvgIpc) is 3.56. The molecule has 6 rings (SSSR count). The predicted octanol–water partition coefficient (Wildman–Crippen LogP) is 5.76. The molecule has 45 heavy (non-hydrogen) atoms. The molecule has 3 aromatic heterocycles. The maximum absolute atomic E-state index is 15.9. The molecule has 0 N–H and O–H groups in total. The van der Waals surface area contributed by atoms with Crippen LogP contribution in [0.25, 0.3) is 22.8 Å². The van der Waals surface area contributed by atoms with Gasteiger partial charge >= 0.3 is 12.8 Å². The normalized spacial score (nSPS) is 15.3. The molecular weight excluding hydrogens is 610 g/mol. The molecule has 4 heterocycles. The number of aryl methyl sites for hydroxylation is 1. The van der Waals surface area contributed by atoms with Crippen LogP contribution in [-0.4, -0.2) is 53.9 Å². The molecule has 0 bridgehead atoms. The standard InChI is InChI=1S/C28H26F6N8O3/c1-13(2)40-11-17(28(32,33)34)37-24(40)16-7-6-15(22(44-3)20(16)29)10-41-18(43)8-9-42-27(41)38-23(39-42)19-21(14-4-5-14)35-12-36-25(19)45-26(30)31/h6-7,11-14,26H,4-5,8-10H2,1-3H3. The van der Waals surface area contributed by atoms with E-state index in [2.05, 4.69) is 29.8 Å². The highest BCUT2D eigenvalue weighted by atomic mass is 19.4. The summed E-state index contributed by atoms with van der Waals surface area (Å²) in [7, 11) is 1.19. The van der Waals surface area contributed by atoms with Crippen molar-refractivity contribution in [3.63, 3.8) is 0 Å². The molecule has 1 saturated carbocycles. The first-order valence-electron chi connectivity index (χ1n) is 13.9. The van der Waals surface area contributed by atoms with Gasteiger partial charge in [0.25, 0.3) is 0 Å². The quantitative estimate of drug-likeness (QED) is 0.213. The molecular formula is C28H26F6N8O3. The van der Waals surface area contributed by atoms with E-state index in [1.165, 1.54) is 33.4 Å². The number of carbonyl (C=O) groups excluding carboxylic acids is 1. The SMILES string of the molecule is COc1c(CN2C(=O)CCn3nc(-c4c(OC(F)F)ncnc4C4CC4)nc32)ccc(-c2nc(C(F)(F)F)cn2C(C)C)c1F. The van der Waals surface area contributed by atoms with Gasteiger partial charge in [0.2, 0.25) is 17.7 Å². The van der Waals surface area contributed by atoms with E-state index < -0.39 is 36.2 Å². The van der Waals surface area contributed by atoms with Crippen LogP contribution in [0.5, 0.6) is 11.6 Å². The number of rotatable bonds is 9. The second-order valence-electron chi connectivity index (χ2n) is 10.8. The molecule has 2 aliphatic rings. The fourth-order valence-corrected chi connectivity index (χ4v) is 5.24. The Morgan fingerprint density at radius 2 is 1.87 bits per heavy atom. The van der Waals surface area contributed by atoms with Gasteiger partial charge in [0, 0.05) is 30.1 Å².